The Morgan fingerprint density at radius 2 is 1.84 bits per heavy atom. The number of hydrogen-bond acceptors (Lipinski definition) is 7. The number of fused-ring (bicyclic) bond motifs is 2. The highest BCUT2D eigenvalue weighted by Gasteiger charge is 2.39. The molecule has 3 N–H and O–H groups in total. The number of aromatic nitrogens is 3. The molecule has 4 heterocycles. The monoisotopic (exact) mass is 573 g/mol. The second kappa shape index (κ2) is 9.17. The van der Waals surface area contributed by atoms with E-state index in [0.29, 0.717) is 23.8 Å². The second-order valence-corrected chi connectivity index (χ2v) is 11.8. The van der Waals surface area contributed by atoms with Crippen LogP contribution < -0.4 is 20.7 Å². The van der Waals surface area contributed by atoms with E-state index < -0.39 is 0 Å². The van der Waals surface area contributed by atoms with Crippen molar-refractivity contribution in [1.29, 1.82) is 0 Å². The van der Waals surface area contributed by atoms with Crippen molar-refractivity contribution in [2.24, 2.45) is 11.8 Å². The van der Waals surface area contributed by atoms with Gasteiger partial charge in [0.15, 0.2) is 0 Å². The molecule has 196 valence electrons. The van der Waals surface area contributed by atoms with Gasteiger partial charge in [0, 0.05) is 67.1 Å². The fourth-order valence-electron chi connectivity index (χ4n) is 6.34. The van der Waals surface area contributed by atoms with Crippen LogP contribution in [0.2, 0.25) is 0 Å². The summed E-state index contributed by atoms with van der Waals surface area (Å²) >= 11 is 3.70. The number of likely N-dealkylation sites (tertiary alicyclic amines) is 1. The fourth-order valence-corrected chi connectivity index (χ4v) is 6.74. The van der Waals surface area contributed by atoms with Crippen molar-refractivity contribution in [3.05, 3.63) is 53.3 Å². The number of anilines is 4. The van der Waals surface area contributed by atoms with Crippen molar-refractivity contribution in [2.45, 2.75) is 18.9 Å². The van der Waals surface area contributed by atoms with Gasteiger partial charge in [0.25, 0.3) is 0 Å². The van der Waals surface area contributed by atoms with E-state index in [1.807, 2.05) is 12.1 Å². The minimum absolute atomic E-state index is 0.496. The van der Waals surface area contributed by atoms with Crippen LogP contribution in [0.5, 0.6) is 5.75 Å². The van der Waals surface area contributed by atoms with Gasteiger partial charge >= 0.3 is 0 Å². The number of hydrogen-bond donors (Lipinski definition) is 2. The van der Waals surface area contributed by atoms with Gasteiger partial charge in [0.2, 0.25) is 5.95 Å². The van der Waals surface area contributed by atoms with Crippen LogP contribution in [0, 0.1) is 11.8 Å². The zero-order chi connectivity index (χ0) is 26.0. The number of nitrogens with zero attached hydrogens (tertiary/aromatic N) is 5. The van der Waals surface area contributed by atoms with Crippen LogP contribution in [-0.2, 0) is 0 Å². The molecule has 0 bridgehead atoms. The average molecular weight is 575 g/mol. The minimum atomic E-state index is 0.496. The zero-order valence-electron chi connectivity index (χ0n) is 21.7. The molecule has 0 spiro atoms. The van der Waals surface area contributed by atoms with E-state index in [2.05, 4.69) is 78.1 Å². The first-order chi connectivity index (χ1) is 18.5. The molecular formula is C29H32BrN7O. The highest BCUT2D eigenvalue weighted by atomic mass is 79.9. The van der Waals surface area contributed by atoms with Crippen LogP contribution in [-0.4, -0.2) is 59.8 Å². The first kappa shape index (κ1) is 23.8. The Kier molecular flexibility index (Phi) is 5.74. The second-order valence-electron chi connectivity index (χ2n) is 11.0. The van der Waals surface area contributed by atoms with E-state index in [4.69, 9.17) is 15.5 Å². The molecule has 8 nitrogen and oxygen atoms in total. The summed E-state index contributed by atoms with van der Waals surface area (Å²) in [6, 6.07) is 13.1. The van der Waals surface area contributed by atoms with E-state index in [1.165, 1.54) is 23.7 Å². The number of nitrogen functional groups attached to an aromatic ring is 1. The van der Waals surface area contributed by atoms with Gasteiger partial charge < -0.3 is 30.2 Å². The molecule has 7 rings (SSSR count). The minimum Gasteiger partial charge on any atom is -0.494 e. The van der Waals surface area contributed by atoms with Crippen LogP contribution in [0.1, 0.15) is 18.9 Å². The van der Waals surface area contributed by atoms with Gasteiger partial charge in [0.1, 0.15) is 5.75 Å². The Morgan fingerprint density at radius 1 is 1.08 bits per heavy atom. The van der Waals surface area contributed by atoms with Crippen molar-refractivity contribution in [3.63, 3.8) is 0 Å². The molecule has 2 aromatic carbocycles. The highest BCUT2D eigenvalue weighted by Crippen LogP contribution is 2.43. The molecule has 2 atom stereocenters. The lowest BCUT2D eigenvalue weighted by atomic mass is 10.0. The van der Waals surface area contributed by atoms with Gasteiger partial charge in [0.05, 0.1) is 34.3 Å². The number of benzene rings is 2. The van der Waals surface area contributed by atoms with Gasteiger partial charge in [-0.1, -0.05) is 18.2 Å². The summed E-state index contributed by atoms with van der Waals surface area (Å²) in [4.78, 5) is 14.3. The smallest absolute Gasteiger partial charge is 0.227 e. The normalized spacial score (nSPS) is 21.3. The lowest BCUT2D eigenvalue weighted by Gasteiger charge is -2.24. The maximum atomic E-state index is 6.60. The van der Waals surface area contributed by atoms with Gasteiger partial charge in [-0.2, -0.15) is 0 Å². The number of halogens is 1. The fraction of sp³-hybridized carbons (Fsp3) is 0.379. The third-order valence-corrected chi connectivity index (χ3v) is 8.87. The van der Waals surface area contributed by atoms with E-state index in [9.17, 15) is 0 Å². The summed E-state index contributed by atoms with van der Waals surface area (Å²) in [5, 5.41) is 4.57. The SMILES string of the molecule is COc1cc(N2C[C@H]3CN(C)C[C@H]3C2)c(N)cc1Nc1ncc(Br)c(-c2cn(C3CC3)c3ccccc23)n1. The van der Waals surface area contributed by atoms with Crippen LogP contribution in [0.4, 0.5) is 23.0 Å². The van der Waals surface area contributed by atoms with Crippen LogP contribution >= 0.6 is 15.9 Å². The van der Waals surface area contributed by atoms with Crippen LogP contribution in [0.3, 0.4) is 0 Å². The highest BCUT2D eigenvalue weighted by molar-refractivity contribution is 9.10. The summed E-state index contributed by atoms with van der Waals surface area (Å²) in [6.07, 6.45) is 6.49. The topological polar surface area (TPSA) is 84.5 Å². The molecule has 38 heavy (non-hydrogen) atoms. The predicted octanol–water partition coefficient (Wildman–Crippen LogP) is 5.53. The molecule has 4 aromatic rings. The first-order valence-corrected chi connectivity index (χ1v) is 14.1. The Labute approximate surface area is 230 Å². The number of methoxy groups -OCH3 is 1. The van der Waals surface area contributed by atoms with Crippen molar-refractivity contribution < 1.29 is 4.74 Å². The molecule has 0 amide bonds. The lowest BCUT2D eigenvalue weighted by Crippen LogP contribution is -2.27. The summed E-state index contributed by atoms with van der Waals surface area (Å²) in [7, 11) is 3.90. The average Bonchev–Trinajstić information content (AvgIpc) is 3.44. The Morgan fingerprint density at radius 3 is 2.58 bits per heavy atom. The van der Waals surface area contributed by atoms with E-state index in [1.54, 1.807) is 13.3 Å². The summed E-state index contributed by atoms with van der Waals surface area (Å²) in [5.74, 6) is 2.62. The number of ether oxygens (including phenoxy) is 1. The molecule has 0 radical (unpaired) electrons. The molecular weight excluding hydrogens is 542 g/mol. The van der Waals surface area contributed by atoms with Gasteiger partial charge in [-0.15, -0.1) is 0 Å². The number of nitrogens with two attached hydrogens (primary N) is 1. The number of rotatable bonds is 6. The molecule has 2 aromatic heterocycles. The molecule has 3 aliphatic rings. The standard InChI is InChI=1S/C29H32BrN7O/c1-35-12-17-14-36(15-18(17)13-35)26-10-27(38-2)24(9-23(26)31)33-29-32-11-22(30)28(34-29)21-16-37(19-7-8-19)25-6-4-3-5-20(21)25/h3-6,9-11,16-19H,7-8,12-15,31H2,1-2H3,(H,32,33,34)/t17-,18+. The maximum Gasteiger partial charge on any atom is 0.227 e. The predicted molar refractivity (Wildman–Crippen MR) is 156 cm³/mol. The number of para-hydroxylation sites is 1. The molecule has 0 unspecified atom stereocenters. The summed E-state index contributed by atoms with van der Waals surface area (Å²) in [6.45, 7) is 4.37. The molecule has 9 heteroatoms. The van der Waals surface area contributed by atoms with Crippen molar-refractivity contribution in [3.8, 4) is 17.0 Å². The molecule has 1 saturated carbocycles. The zero-order valence-corrected chi connectivity index (χ0v) is 23.3. The Hall–Kier alpha value is -3.30. The Bertz CT molecular complexity index is 1520. The molecule has 2 aliphatic heterocycles. The summed E-state index contributed by atoms with van der Waals surface area (Å²) in [5.41, 5.74) is 12.3. The maximum absolute atomic E-state index is 6.60. The van der Waals surface area contributed by atoms with Crippen molar-refractivity contribution in [1.82, 2.24) is 19.4 Å². The van der Waals surface area contributed by atoms with Crippen molar-refractivity contribution in [2.75, 3.05) is 56.3 Å². The van der Waals surface area contributed by atoms with Gasteiger partial charge in [-0.25, -0.2) is 9.97 Å². The molecule has 1 aliphatic carbocycles. The lowest BCUT2D eigenvalue weighted by molar-refractivity contribution is 0.387. The number of nitrogens with one attached hydrogen (secondary N) is 1. The van der Waals surface area contributed by atoms with E-state index in [-0.39, 0.29) is 0 Å². The molecule has 3 fully saturated rings. The van der Waals surface area contributed by atoms with Crippen LogP contribution in [0.25, 0.3) is 22.2 Å². The first-order valence-electron chi connectivity index (χ1n) is 13.3. The Balaban J connectivity index is 1.20. The van der Waals surface area contributed by atoms with E-state index in [0.717, 1.165) is 64.7 Å². The van der Waals surface area contributed by atoms with E-state index >= 15 is 0 Å². The van der Waals surface area contributed by atoms with Gasteiger partial charge in [-0.3, -0.25) is 0 Å². The third-order valence-electron chi connectivity index (χ3n) is 8.28. The largest absolute Gasteiger partial charge is 0.494 e. The van der Waals surface area contributed by atoms with Gasteiger partial charge in [-0.05, 0) is 59.8 Å². The quantitative estimate of drug-likeness (QED) is 0.293. The molecule has 2 saturated heterocycles. The van der Waals surface area contributed by atoms with Crippen LogP contribution in [0.15, 0.2) is 53.3 Å². The van der Waals surface area contributed by atoms with Crippen molar-refractivity contribution >= 4 is 49.8 Å². The third kappa shape index (κ3) is 4.08. The summed E-state index contributed by atoms with van der Waals surface area (Å²) < 4.78 is 9.04.